The number of rotatable bonds is 5. The van der Waals surface area contributed by atoms with Crippen molar-refractivity contribution in [1.82, 2.24) is 4.57 Å². The van der Waals surface area contributed by atoms with Gasteiger partial charge in [-0.2, -0.15) is 0 Å². The molecule has 2 aliphatic carbocycles. The average molecular weight is 404 g/mol. The molecule has 1 aromatic heterocycles. The second kappa shape index (κ2) is 8.83. The summed E-state index contributed by atoms with van der Waals surface area (Å²) < 4.78 is 2.62. The number of nitrogens with zero attached hydrogens (tertiary/aromatic N) is 1. The molecule has 0 fully saturated rings. The minimum atomic E-state index is 0.434. The fourth-order valence-electron chi connectivity index (χ4n) is 5.13. The Morgan fingerprint density at radius 3 is 2.79 bits per heavy atom. The summed E-state index contributed by atoms with van der Waals surface area (Å²) >= 11 is 4.53. The Bertz CT molecular complexity index is 988. The molecule has 0 saturated heterocycles. The molecule has 0 radical (unpaired) electrons. The van der Waals surface area contributed by atoms with E-state index in [4.69, 9.17) is 0 Å². The lowest BCUT2D eigenvalue weighted by Gasteiger charge is -2.27. The predicted octanol–water partition coefficient (Wildman–Crippen LogP) is 8.01. The van der Waals surface area contributed by atoms with Crippen LogP contribution in [0, 0.1) is 5.92 Å². The van der Waals surface area contributed by atoms with Crippen molar-refractivity contribution < 1.29 is 0 Å². The molecule has 0 aliphatic heterocycles. The van der Waals surface area contributed by atoms with Crippen LogP contribution in [0.3, 0.4) is 0 Å². The fraction of sp³-hybridized carbons (Fsp3) is 0.407. The molecule has 0 N–H and O–H groups in total. The number of aromatic nitrogens is 1. The molecule has 0 amide bonds. The maximum atomic E-state index is 4.53. The molecule has 3 atom stereocenters. The lowest BCUT2D eigenvalue weighted by molar-refractivity contribution is 0.544. The van der Waals surface area contributed by atoms with Crippen LogP contribution in [0.1, 0.15) is 74.6 Å². The number of thiol groups is 1. The highest BCUT2D eigenvalue weighted by molar-refractivity contribution is 7.90. The highest BCUT2D eigenvalue weighted by Gasteiger charge is 2.30. The Balaban J connectivity index is 1.99. The van der Waals surface area contributed by atoms with Crippen LogP contribution in [0.15, 0.2) is 61.2 Å². The van der Waals surface area contributed by atoms with E-state index in [1.165, 1.54) is 35.9 Å². The second-order valence-electron chi connectivity index (χ2n) is 8.62. The Labute approximate surface area is 181 Å². The molecule has 2 heteroatoms. The van der Waals surface area contributed by atoms with Crippen molar-refractivity contribution in [3.8, 4) is 0 Å². The summed E-state index contributed by atoms with van der Waals surface area (Å²) in [6.45, 7) is 9.76. The third kappa shape index (κ3) is 3.92. The number of hydrogen-bond donors (Lipinski definition) is 1. The first-order chi connectivity index (χ1) is 14.1. The number of aryl methyl sites for hydroxylation is 1. The van der Waals surface area contributed by atoms with Gasteiger partial charge < -0.3 is 4.57 Å². The zero-order valence-electron chi connectivity index (χ0n) is 17.8. The van der Waals surface area contributed by atoms with Gasteiger partial charge in [-0.1, -0.05) is 69.0 Å². The van der Waals surface area contributed by atoms with E-state index in [0.717, 1.165) is 29.9 Å². The van der Waals surface area contributed by atoms with Crippen molar-refractivity contribution in [1.29, 1.82) is 0 Å². The van der Waals surface area contributed by atoms with Gasteiger partial charge in [0, 0.05) is 34.0 Å². The van der Waals surface area contributed by atoms with Crippen molar-refractivity contribution in [3.63, 3.8) is 0 Å². The maximum Gasteiger partial charge on any atom is 0.0492 e. The molecule has 0 bridgehead atoms. The first-order valence-electron chi connectivity index (χ1n) is 11.2. The van der Waals surface area contributed by atoms with Gasteiger partial charge in [-0.25, -0.2) is 0 Å². The van der Waals surface area contributed by atoms with Crippen LogP contribution in [0.4, 0.5) is 0 Å². The van der Waals surface area contributed by atoms with E-state index < -0.39 is 0 Å². The third-order valence-electron chi connectivity index (χ3n) is 6.57. The molecule has 1 nitrogen and oxygen atoms in total. The zero-order valence-corrected chi connectivity index (χ0v) is 18.7. The van der Waals surface area contributed by atoms with Crippen LogP contribution in [-0.4, -0.2) is 4.57 Å². The highest BCUT2D eigenvalue weighted by Crippen LogP contribution is 2.44. The Morgan fingerprint density at radius 2 is 2.03 bits per heavy atom. The summed E-state index contributed by atoms with van der Waals surface area (Å²) in [5.41, 5.74) is 5.61. The lowest BCUT2D eigenvalue weighted by atomic mass is 9.81. The van der Waals surface area contributed by atoms with Crippen LogP contribution < -0.4 is 0 Å². The van der Waals surface area contributed by atoms with E-state index in [1.54, 1.807) is 5.56 Å². The van der Waals surface area contributed by atoms with Crippen LogP contribution in [0.25, 0.3) is 15.8 Å². The van der Waals surface area contributed by atoms with Crippen LogP contribution >= 0.6 is 12.6 Å². The topological polar surface area (TPSA) is 4.93 Å². The van der Waals surface area contributed by atoms with Gasteiger partial charge in [0.2, 0.25) is 0 Å². The quantitative estimate of drug-likeness (QED) is 0.381. The number of hydrogen-bond acceptors (Lipinski definition) is 1. The molecule has 29 heavy (non-hydrogen) atoms. The van der Waals surface area contributed by atoms with Gasteiger partial charge in [0.15, 0.2) is 0 Å². The summed E-state index contributed by atoms with van der Waals surface area (Å²) in [5.74, 6) is 1.55. The summed E-state index contributed by atoms with van der Waals surface area (Å²) in [6, 6.07) is 6.85. The zero-order chi connectivity index (χ0) is 20.4. The monoisotopic (exact) mass is 403 g/mol. The predicted molar refractivity (Wildman–Crippen MR) is 131 cm³/mol. The molecular formula is C27H33NS. The van der Waals surface area contributed by atoms with E-state index in [0.29, 0.717) is 17.8 Å². The summed E-state index contributed by atoms with van der Waals surface area (Å²) in [5, 5.41) is 1.43. The SMILES string of the molecule is C=C(S)c1ccc2c(C3CC=CCCC3)c(C3C=CC=CC3C)n(CCC)c2c1. The molecule has 1 heterocycles. The Morgan fingerprint density at radius 1 is 1.21 bits per heavy atom. The number of benzene rings is 1. The number of allylic oxidation sites excluding steroid dienone is 6. The van der Waals surface area contributed by atoms with Gasteiger partial charge in [0.1, 0.15) is 0 Å². The standard InChI is InChI=1S/C27H33NS/c1-4-17-28-25-18-22(20(3)29)15-16-24(25)26(21-12-7-5-6-8-13-21)27(28)23-14-10-9-11-19(23)2/h5,7,9-11,14-16,18-19,21,23,29H,3-4,6,8,12-13,17H2,1-2H3. The number of fused-ring (bicyclic) bond motifs is 1. The molecule has 2 aliphatic rings. The minimum absolute atomic E-state index is 0.434. The van der Waals surface area contributed by atoms with Crippen molar-refractivity contribution in [2.24, 2.45) is 5.92 Å². The summed E-state index contributed by atoms with van der Waals surface area (Å²) in [6.07, 6.45) is 20.0. The van der Waals surface area contributed by atoms with Crippen LogP contribution in [0.5, 0.6) is 0 Å². The largest absolute Gasteiger partial charge is 0.344 e. The lowest BCUT2D eigenvalue weighted by Crippen LogP contribution is -2.16. The first kappa shape index (κ1) is 20.3. The molecule has 0 saturated carbocycles. The molecule has 0 spiro atoms. The Hall–Kier alpha value is -1.93. The molecule has 1 aromatic carbocycles. The smallest absolute Gasteiger partial charge is 0.0492 e. The van der Waals surface area contributed by atoms with Gasteiger partial charge in [0.05, 0.1) is 0 Å². The van der Waals surface area contributed by atoms with Gasteiger partial charge in [-0.15, -0.1) is 12.6 Å². The normalized spacial score (nSPS) is 24.2. The maximum absolute atomic E-state index is 4.53. The second-order valence-corrected chi connectivity index (χ2v) is 9.16. The summed E-state index contributed by atoms with van der Waals surface area (Å²) in [7, 11) is 0. The van der Waals surface area contributed by atoms with Crippen LogP contribution in [0.2, 0.25) is 0 Å². The van der Waals surface area contributed by atoms with E-state index in [1.807, 2.05) is 0 Å². The van der Waals surface area contributed by atoms with E-state index in [-0.39, 0.29) is 0 Å². The molecule has 2 aromatic rings. The molecular weight excluding hydrogens is 370 g/mol. The van der Waals surface area contributed by atoms with Crippen molar-refractivity contribution in [3.05, 3.63) is 78.1 Å². The van der Waals surface area contributed by atoms with Gasteiger partial charge in [0.25, 0.3) is 0 Å². The van der Waals surface area contributed by atoms with Gasteiger partial charge in [-0.05, 0) is 61.1 Å². The van der Waals surface area contributed by atoms with Crippen molar-refractivity contribution >= 4 is 28.4 Å². The third-order valence-corrected chi connectivity index (χ3v) is 6.83. The molecule has 152 valence electrons. The van der Waals surface area contributed by atoms with Crippen molar-refractivity contribution in [2.75, 3.05) is 0 Å². The van der Waals surface area contributed by atoms with E-state index >= 15 is 0 Å². The van der Waals surface area contributed by atoms with E-state index in [2.05, 4.69) is 92.3 Å². The van der Waals surface area contributed by atoms with Crippen LogP contribution in [-0.2, 0) is 6.54 Å². The fourth-order valence-corrected chi connectivity index (χ4v) is 5.27. The summed E-state index contributed by atoms with van der Waals surface area (Å²) in [4.78, 5) is 0.838. The first-order valence-corrected chi connectivity index (χ1v) is 11.6. The Kier molecular flexibility index (Phi) is 6.20. The van der Waals surface area contributed by atoms with E-state index in [9.17, 15) is 0 Å². The molecule has 3 unspecified atom stereocenters. The molecule has 4 rings (SSSR count). The van der Waals surface area contributed by atoms with Gasteiger partial charge >= 0.3 is 0 Å². The average Bonchev–Trinajstić information content (AvgIpc) is 2.86. The van der Waals surface area contributed by atoms with Gasteiger partial charge in [-0.3, -0.25) is 0 Å². The van der Waals surface area contributed by atoms with Crippen molar-refractivity contribution in [2.45, 2.75) is 64.3 Å². The highest BCUT2D eigenvalue weighted by atomic mass is 32.1. The minimum Gasteiger partial charge on any atom is -0.344 e.